The van der Waals surface area contributed by atoms with Crippen molar-refractivity contribution < 1.29 is 5.11 Å². The maximum atomic E-state index is 10.2. The Morgan fingerprint density at radius 2 is 2.13 bits per heavy atom. The van der Waals surface area contributed by atoms with E-state index in [0.29, 0.717) is 17.0 Å². The Bertz CT molecular complexity index is 784. The number of aliphatic imine (C=N–C) groups is 1. The highest BCUT2D eigenvalue weighted by molar-refractivity contribution is 6.13. The van der Waals surface area contributed by atoms with Crippen molar-refractivity contribution in [2.45, 2.75) is 19.4 Å². The lowest BCUT2D eigenvalue weighted by atomic mass is 10.0. The van der Waals surface area contributed by atoms with E-state index in [1.165, 1.54) is 6.33 Å². The molecule has 0 bridgehead atoms. The molecule has 2 aromatic heterocycles. The molecule has 0 amide bonds. The average molecular weight is 307 g/mol. The van der Waals surface area contributed by atoms with Crippen LogP contribution in [0.15, 0.2) is 60.4 Å². The van der Waals surface area contributed by atoms with E-state index in [9.17, 15) is 5.11 Å². The van der Waals surface area contributed by atoms with Gasteiger partial charge in [0, 0.05) is 30.1 Å². The number of imidazole rings is 1. The lowest BCUT2D eigenvalue weighted by Gasteiger charge is -2.12. The summed E-state index contributed by atoms with van der Waals surface area (Å²) in [5, 5.41) is 10.2. The number of phenols is 1. The van der Waals surface area contributed by atoms with Gasteiger partial charge in [0.1, 0.15) is 12.1 Å². The van der Waals surface area contributed by atoms with E-state index in [-0.39, 0.29) is 11.8 Å². The molecular weight excluding hydrogens is 290 g/mol. The molecule has 1 atom stereocenters. The molecule has 0 aliphatic heterocycles. The van der Waals surface area contributed by atoms with Crippen molar-refractivity contribution >= 4 is 5.71 Å². The molecule has 0 spiro atoms. The molecule has 0 saturated carbocycles. The van der Waals surface area contributed by atoms with E-state index in [0.717, 1.165) is 12.1 Å². The van der Waals surface area contributed by atoms with Gasteiger partial charge in [0.25, 0.3) is 0 Å². The first-order chi connectivity index (χ1) is 11.2. The van der Waals surface area contributed by atoms with E-state index < -0.39 is 0 Å². The third kappa shape index (κ3) is 3.60. The van der Waals surface area contributed by atoms with Gasteiger partial charge in [-0.2, -0.15) is 0 Å². The van der Waals surface area contributed by atoms with Crippen LogP contribution in [-0.2, 0) is 6.42 Å². The van der Waals surface area contributed by atoms with Gasteiger partial charge in [0.2, 0.25) is 0 Å². The summed E-state index contributed by atoms with van der Waals surface area (Å²) in [6.07, 6.45) is 7.31. The van der Waals surface area contributed by atoms with Gasteiger partial charge in [-0.25, -0.2) is 15.0 Å². The molecule has 6 heteroatoms. The van der Waals surface area contributed by atoms with Crippen LogP contribution in [0.2, 0.25) is 0 Å². The Labute approximate surface area is 134 Å². The van der Waals surface area contributed by atoms with Crippen LogP contribution >= 0.6 is 0 Å². The number of phenolic OH excluding ortho intramolecular Hbond substituents is 1. The normalized spacial score (nSPS) is 13.0. The Kier molecular flexibility index (Phi) is 4.42. The predicted octanol–water partition coefficient (Wildman–Crippen LogP) is 2.37. The number of rotatable bonds is 5. The second kappa shape index (κ2) is 6.83. The van der Waals surface area contributed by atoms with E-state index in [2.05, 4.69) is 19.9 Å². The highest BCUT2D eigenvalue weighted by atomic mass is 16.3. The molecule has 0 fully saturated rings. The minimum atomic E-state index is 0.0000198. The molecule has 2 heterocycles. The Hall–Kier alpha value is -3.02. The molecule has 2 N–H and O–H groups in total. The van der Waals surface area contributed by atoms with Gasteiger partial charge in [-0.1, -0.05) is 12.1 Å². The maximum absolute atomic E-state index is 10.2. The molecule has 0 saturated heterocycles. The SMILES string of the molecule is C[C@H](Cc1cnc[nH]1)N=C(c1ccncn1)c1ccccc1O. The fourth-order valence-electron chi connectivity index (χ4n) is 2.36. The number of benzene rings is 1. The summed E-state index contributed by atoms with van der Waals surface area (Å²) in [5.41, 5.74) is 3.00. The number of hydrogen-bond donors (Lipinski definition) is 2. The van der Waals surface area contributed by atoms with Gasteiger partial charge < -0.3 is 10.1 Å². The summed E-state index contributed by atoms with van der Waals surface area (Å²) in [5.74, 6) is 0.179. The van der Waals surface area contributed by atoms with Crippen LogP contribution < -0.4 is 0 Å². The zero-order valence-corrected chi connectivity index (χ0v) is 12.7. The molecule has 3 aromatic rings. The third-order valence-electron chi connectivity index (χ3n) is 3.40. The zero-order chi connectivity index (χ0) is 16.1. The summed E-state index contributed by atoms with van der Waals surface area (Å²) >= 11 is 0. The first-order valence-corrected chi connectivity index (χ1v) is 7.34. The van der Waals surface area contributed by atoms with Gasteiger partial charge in [-0.3, -0.25) is 4.99 Å². The monoisotopic (exact) mass is 307 g/mol. The number of aromatic nitrogens is 4. The minimum Gasteiger partial charge on any atom is -0.507 e. The predicted molar refractivity (Wildman–Crippen MR) is 87.5 cm³/mol. The smallest absolute Gasteiger partial charge is 0.125 e. The molecule has 6 nitrogen and oxygen atoms in total. The van der Waals surface area contributed by atoms with Crippen LogP contribution in [0.3, 0.4) is 0 Å². The average Bonchev–Trinajstić information content (AvgIpc) is 3.07. The van der Waals surface area contributed by atoms with Gasteiger partial charge in [-0.15, -0.1) is 0 Å². The first kappa shape index (κ1) is 14.9. The molecule has 1 aromatic carbocycles. The number of para-hydroxylation sites is 1. The van der Waals surface area contributed by atoms with Crippen LogP contribution in [0.4, 0.5) is 0 Å². The van der Waals surface area contributed by atoms with Crippen molar-refractivity contribution in [3.63, 3.8) is 0 Å². The number of nitrogens with one attached hydrogen (secondary N) is 1. The molecule has 0 aliphatic rings. The molecule has 3 rings (SSSR count). The number of aromatic hydroxyl groups is 1. The van der Waals surface area contributed by atoms with Gasteiger partial charge >= 0.3 is 0 Å². The summed E-state index contributed by atoms with van der Waals surface area (Å²) in [6, 6.07) is 8.91. The summed E-state index contributed by atoms with van der Waals surface area (Å²) in [4.78, 5) is 20.1. The van der Waals surface area contributed by atoms with E-state index >= 15 is 0 Å². The van der Waals surface area contributed by atoms with Crippen molar-refractivity contribution in [3.05, 3.63) is 72.3 Å². The highest BCUT2D eigenvalue weighted by Gasteiger charge is 2.14. The molecule has 23 heavy (non-hydrogen) atoms. The van der Waals surface area contributed by atoms with Crippen molar-refractivity contribution in [2.24, 2.45) is 4.99 Å². The largest absolute Gasteiger partial charge is 0.507 e. The minimum absolute atomic E-state index is 0.0000198. The Morgan fingerprint density at radius 1 is 1.26 bits per heavy atom. The number of hydrogen-bond acceptors (Lipinski definition) is 5. The van der Waals surface area contributed by atoms with Crippen LogP contribution in [0, 0.1) is 0 Å². The fraction of sp³-hybridized carbons (Fsp3) is 0.176. The van der Waals surface area contributed by atoms with Crippen LogP contribution in [-0.4, -0.2) is 36.8 Å². The molecule has 0 aliphatic carbocycles. The van der Waals surface area contributed by atoms with E-state index in [1.807, 2.05) is 19.1 Å². The standard InChI is InChI=1S/C17H17N5O/c1-12(8-13-9-19-11-20-13)22-17(15-6-7-18-10-21-15)14-4-2-3-5-16(14)23/h2-7,9-12,23H,8H2,1H3,(H,19,20)/t12-/m1/s1. The zero-order valence-electron chi connectivity index (χ0n) is 12.7. The van der Waals surface area contributed by atoms with Crippen LogP contribution in [0.1, 0.15) is 23.9 Å². The van der Waals surface area contributed by atoms with Crippen molar-refractivity contribution in [1.29, 1.82) is 0 Å². The number of H-pyrrole nitrogens is 1. The van der Waals surface area contributed by atoms with Gasteiger partial charge in [-0.05, 0) is 25.1 Å². The third-order valence-corrected chi connectivity index (χ3v) is 3.40. The molecule has 0 unspecified atom stereocenters. The van der Waals surface area contributed by atoms with Crippen LogP contribution in [0.25, 0.3) is 0 Å². The van der Waals surface area contributed by atoms with Gasteiger partial charge in [0.05, 0.1) is 23.8 Å². The number of nitrogens with zero attached hydrogens (tertiary/aromatic N) is 4. The van der Waals surface area contributed by atoms with Crippen molar-refractivity contribution in [2.75, 3.05) is 0 Å². The molecule has 0 radical (unpaired) electrons. The molecule has 116 valence electrons. The van der Waals surface area contributed by atoms with Crippen molar-refractivity contribution in [1.82, 2.24) is 19.9 Å². The van der Waals surface area contributed by atoms with E-state index in [4.69, 9.17) is 4.99 Å². The fourth-order valence-corrected chi connectivity index (χ4v) is 2.36. The highest BCUT2D eigenvalue weighted by Crippen LogP contribution is 2.20. The van der Waals surface area contributed by atoms with Crippen molar-refractivity contribution in [3.8, 4) is 5.75 Å². The Balaban J connectivity index is 1.98. The topological polar surface area (TPSA) is 87.0 Å². The lowest BCUT2D eigenvalue weighted by Crippen LogP contribution is -2.13. The summed E-state index contributed by atoms with van der Waals surface area (Å²) < 4.78 is 0. The van der Waals surface area contributed by atoms with E-state index in [1.54, 1.807) is 36.9 Å². The maximum Gasteiger partial charge on any atom is 0.125 e. The first-order valence-electron chi connectivity index (χ1n) is 7.34. The van der Waals surface area contributed by atoms with Gasteiger partial charge in [0.15, 0.2) is 0 Å². The second-order valence-electron chi connectivity index (χ2n) is 5.22. The molecular formula is C17H17N5O. The summed E-state index contributed by atoms with van der Waals surface area (Å²) in [7, 11) is 0. The van der Waals surface area contributed by atoms with Crippen LogP contribution in [0.5, 0.6) is 5.75 Å². The second-order valence-corrected chi connectivity index (χ2v) is 5.22. The Morgan fingerprint density at radius 3 is 2.83 bits per heavy atom. The summed E-state index contributed by atoms with van der Waals surface area (Å²) in [6.45, 7) is 2.02. The quantitative estimate of drug-likeness (QED) is 0.708. The number of aromatic amines is 1. The lowest BCUT2D eigenvalue weighted by molar-refractivity contribution is 0.474.